The van der Waals surface area contributed by atoms with Crippen LogP contribution < -0.4 is 10.6 Å². The highest BCUT2D eigenvalue weighted by Crippen LogP contribution is 2.28. The van der Waals surface area contributed by atoms with Crippen molar-refractivity contribution in [1.29, 1.82) is 0 Å². The Labute approximate surface area is 277 Å². The summed E-state index contributed by atoms with van der Waals surface area (Å²) in [5.74, 6) is 0. The van der Waals surface area contributed by atoms with Crippen molar-refractivity contribution in [2.45, 2.75) is 81.4 Å². The molecule has 4 aromatic rings. The van der Waals surface area contributed by atoms with Crippen LogP contribution in [0.5, 0.6) is 0 Å². The van der Waals surface area contributed by atoms with E-state index in [1.165, 1.54) is 70.6 Å². The second kappa shape index (κ2) is 18.2. The van der Waals surface area contributed by atoms with Crippen LogP contribution in [-0.4, -0.2) is 8.64 Å². The molecule has 0 unspecified atom stereocenters. The molecule has 0 heterocycles. The van der Waals surface area contributed by atoms with Crippen molar-refractivity contribution in [3.8, 4) is 0 Å². The normalized spacial score (nSPS) is 10.8. The van der Waals surface area contributed by atoms with E-state index in [1.807, 2.05) is 0 Å². The maximum absolute atomic E-state index is 5.69. The summed E-state index contributed by atoms with van der Waals surface area (Å²) in [5.41, 5.74) is 7.31. The fourth-order valence-electron chi connectivity index (χ4n) is 4.88. The van der Waals surface area contributed by atoms with Gasteiger partial charge in [-0.15, -0.1) is 0 Å². The molecule has 6 heteroatoms. The number of rotatable bonds is 14. The van der Waals surface area contributed by atoms with Crippen molar-refractivity contribution in [3.05, 3.63) is 119 Å². The topological polar surface area (TPSA) is 24.1 Å². The van der Waals surface area contributed by atoms with E-state index in [2.05, 4.69) is 122 Å². The second-order valence-electron chi connectivity index (χ2n) is 10.7. The zero-order valence-electron chi connectivity index (χ0n) is 25.2. The zero-order chi connectivity index (χ0) is 30.3. The van der Waals surface area contributed by atoms with Crippen molar-refractivity contribution >= 4 is 68.0 Å². The first-order chi connectivity index (χ1) is 21.0. The van der Waals surface area contributed by atoms with Crippen molar-refractivity contribution in [1.82, 2.24) is 0 Å². The van der Waals surface area contributed by atoms with E-state index in [-0.39, 0.29) is 0 Å². The number of hydrogen-bond donors (Lipinski definition) is 2. The first kappa shape index (κ1) is 33.3. The predicted molar refractivity (Wildman–Crippen MR) is 199 cm³/mol. The number of anilines is 2. The number of hydrogen-bond acceptors (Lipinski definition) is 4. The third kappa shape index (κ3) is 11.4. The van der Waals surface area contributed by atoms with Gasteiger partial charge < -0.3 is 10.6 Å². The first-order valence-corrected chi connectivity index (χ1v) is 17.8. The molecule has 2 N–H and O–H groups in total. The summed E-state index contributed by atoms with van der Waals surface area (Å²) >= 11 is 14.7. The Morgan fingerprint density at radius 2 is 0.930 bits per heavy atom. The van der Waals surface area contributed by atoms with Crippen molar-refractivity contribution < 1.29 is 0 Å². The highest BCUT2D eigenvalue weighted by molar-refractivity contribution is 8.23. The molecular formula is C37H42N2S4. The molecule has 0 atom stereocenters. The minimum atomic E-state index is 0.773. The summed E-state index contributed by atoms with van der Waals surface area (Å²) in [6, 6.07) is 34.3. The summed E-state index contributed by atoms with van der Waals surface area (Å²) in [7, 11) is 0. The van der Waals surface area contributed by atoms with Gasteiger partial charge in [-0.2, -0.15) is 0 Å². The Bertz CT molecular complexity index is 1340. The van der Waals surface area contributed by atoms with E-state index in [1.54, 1.807) is 23.5 Å². The molecule has 2 nitrogen and oxygen atoms in total. The third-order valence-corrected chi connectivity index (χ3v) is 9.77. The molecule has 0 spiro atoms. The Morgan fingerprint density at radius 1 is 0.535 bits per heavy atom. The Morgan fingerprint density at radius 3 is 1.33 bits per heavy atom. The average Bonchev–Trinajstić information content (AvgIpc) is 3.01. The average molecular weight is 643 g/mol. The summed E-state index contributed by atoms with van der Waals surface area (Å²) in [5, 5.41) is 6.81. The monoisotopic (exact) mass is 642 g/mol. The van der Waals surface area contributed by atoms with Crippen molar-refractivity contribution in [2.75, 3.05) is 10.6 Å². The highest BCUT2D eigenvalue weighted by Gasteiger charge is 2.09. The SMILES string of the molecule is CCCCCc1ccccc1SC(=S)Nc1ccc(Cc2ccc(NC(=S)Sc3ccccc3CCCCC)cc2)cc1. The lowest BCUT2D eigenvalue weighted by Gasteiger charge is -2.12. The Kier molecular flexibility index (Phi) is 14.1. The largest absolute Gasteiger partial charge is 0.341 e. The smallest absolute Gasteiger partial charge is 0.143 e. The summed E-state index contributed by atoms with van der Waals surface area (Å²) in [6.45, 7) is 4.48. The van der Waals surface area contributed by atoms with Gasteiger partial charge in [-0.05, 0) is 90.8 Å². The molecule has 0 radical (unpaired) electrons. The molecule has 0 fully saturated rings. The van der Waals surface area contributed by atoms with Gasteiger partial charge in [0.05, 0.1) is 0 Å². The van der Waals surface area contributed by atoms with Gasteiger partial charge in [0, 0.05) is 21.2 Å². The van der Waals surface area contributed by atoms with Crippen LogP contribution in [0.1, 0.15) is 74.6 Å². The van der Waals surface area contributed by atoms with Gasteiger partial charge in [-0.3, -0.25) is 0 Å². The van der Waals surface area contributed by atoms with E-state index in [0.29, 0.717) is 0 Å². The number of nitrogens with one attached hydrogen (secondary N) is 2. The van der Waals surface area contributed by atoms with Gasteiger partial charge in [-0.25, -0.2) is 0 Å². The van der Waals surface area contributed by atoms with Crippen molar-refractivity contribution in [2.24, 2.45) is 0 Å². The van der Waals surface area contributed by atoms with Crippen LogP contribution >= 0.6 is 48.0 Å². The zero-order valence-corrected chi connectivity index (χ0v) is 28.5. The fraction of sp³-hybridized carbons (Fsp3) is 0.297. The van der Waals surface area contributed by atoms with Crippen LogP contribution in [-0.2, 0) is 19.3 Å². The lowest BCUT2D eigenvalue weighted by atomic mass is 10.0. The minimum Gasteiger partial charge on any atom is -0.341 e. The van der Waals surface area contributed by atoms with E-state index < -0.39 is 0 Å². The van der Waals surface area contributed by atoms with Crippen LogP contribution in [0.25, 0.3) is 0 Å². The maximum atomic E-state index is 5.69. The molecular weight excluding hydrogens is 601 g/mol. The number of aryl methyl sites for hydroxylation is 2. The molecule has 0 bridgehead atoms. The second-order valence-corrected chi connectivity index (χ2v) is 14.2. The van der Waals surface area contributed by atoms with E-state index in [9.17, 15) is 0 Å². The standard InChI is InChI=1S/C37H42N2S4/c1-3-5-7-13-30-15-9-11-17-34(30)42-36(40)38-32-23-19-28(20-24-32)27-29-21-25-33(26-22-29)39-37(41)43-35-18-12-10-16-31(35)14-8-6-4-2/h9-12,15-26H,3-8,13-14,27H2,1-2H3,(H,38,40)(H,39,41). The summed E-state index contributed by atoms with van der Waals surface area (Å²) in [6.07, 6.45) is 10.5. The van der Waals surface area contributed by atoms with Gasteiger partial charge in [0.1, 0.15) is 8.64 Å². The predicted octanol–water partition coefficient (Wildman–Crippen LogP) is 11.7. The molecule has 0 aliphatic rings. The number of thiocarbonyl (C=S) groups is 2. The molecule has 0 aromatic heterocycles. The van der Waals surface area contributed by atoms with E-state index in [0.717, 1.165) is 39.3 Å². The molecule has 4 aromatic carbocycles. The lowest BCUT2D eigenvalue weighted by molar-refractivity contribution is 0.712. The van der Waals surface area contributed by atoms with Crippen LogP contribution in [0.4, 0.5) is 11.4 Å². The van der Waals surface area contributed by atoms with Crippen LogP contribution in [0, 0.1) is 0 Å². The van der Waals surface area contributed by atoms with E-state index >= 15 is 0 Å². The molecule has 224 valence electrons. The minimum absolute atomic E-state index is 0.773. The molecule has 0 saturated heterocycles. The fourth-order valence-corrected chi connectivity index (χ4v) is 7.29. The Hall–Kier alpha value is -2.64. The Balaban J connectivity index is 1.25. The van der Waals surface area contributed by atoms with Crippen molar-refractivity contribution in [3.63, 3.8) is 0 Å². The maximum Gasteiger partial charge on any atom is 0.143 e. The molecule has 0 aliphatic heterocycles. The quantitative estimate of drug-likeness (QED) is 0.0806. The van der Waals surface area contributed by atoms with Gasteiger partial charge in [-0.1, -0.05) is 148 Å². The molecule has 0 aliphatic carbocycles. The summed E-state index contributed by atoms with van der Waals surface area (Å²) < 4.78 is 1.55. The van der Waals surface area contributed by atoms with Gasteiger partial charge in [0.15, 0.2) is 0 Å². The number of thioether (sulfide) groups is 2. The molecule has 4 rings (SSSR count). The van der Waals surface area contributed by atoms with Crippen LogP contribution in [0.3, 0.4) is 0 Å². The lowest BCUT2D eigenvalue weighted by Crippen LogP contribution is -2.05. The van der Waals surface area contributed by atoms with Gasteiger partial charge >= 0.3 is 0 Å². The molecule has 0 saturated carbocycles. The van der Waals surface area contributed by atoms with Crippen LogP contribution in [0.15, 0.2) is 107 Å². The van der Waals surface area contributed by atoms with Crippen LogP contribution in [0.2, 0.25) is 0 Å². The van der Waals surface area contributed by atoms with Gasteiger partial charge in [0.2, 0.25) is 0 Å². The summed E-state index contributed by atoms with van der Waals surface area (Å²) in [4.78, 5) is 2.49. The highest BCUT2D eigenvalue weighted by atomic mass is 32.2. The molecule has 43 heavy (non-hydrogen) atoms. The molecule has 0 amide bonds. The number of benzene rings is 4. The van der Waals surface area contributed by atoms with E-state index in [4.69, 9.17) is 24.4 Å². The van der Waals surface area contributed by atoms with Gasteiger partial charge in [0.25, 0.3) is 0 Å². The third-order valence-electron chi connectivity index (χ3n) is 7.26. The number of unbranched alkanes of at least 4 members (excludes halogenated alkanes) is 4. The first-order valence-electron chi connectivity index (χ1n) is 15.4.